The topological polar surface area (TPSA) is 0 Å². The summed E-state index contributed by atoms with van der Waals surface area (Å²) in [5, 5.41) is 0. The van der Waals surface area contributed by atoms with Crippen LogP contribution in [0.1, 0.15) is 17.8 Å². The Morgan fingerprint density at radius 1 is 0.526 bits per heavy atom. The van der Waals surface area contributed by atoms with Crippen LogP contribution in [-0.2, 0) is 0 Å². The van der Waals surface area contributed by atoms with Gasteiger partial charge in [-0.25, -0.2) is 0 Å². The van der Waals surface area contributed by atoms with Gasteiger partial charge < -0.3 is 0 Å². The highest BCUT2D eigenvalue weighted by Gasteiger charge is 1.99. The maximum absolute atomic E-state index is 8.39. The molecule has 0 saturated heterocycles. The summed E-state index contributed by atoms with van der Waals surface area (Å²) in [5.74, 6) is 0. The number of rotatable bonds is 2. The third-order valence-corrected chi connectivity index (χ3v) is 2.62. The number of hydrogen-bond donors (Lipinski definition) is 0. The predicted octanol–water partition coefficient (Wildman–Crippen LogP) is 5.78. The highest BCUT2D eigenvalue weighted by Crippen LogP contribution is 2.25. The summed E-state index contributed by atoms with van der Waals surface area (Å²) in [5.41, 5.74) is -1.95. The molecule has 0 heterocycles. The van der Waals surface area contributed by atoms with Gasteiger partial charge >= 0.3 is 0 Å². The Morgan fingerprint density at radius 2 is 0.895 bits per heavy atom. The average Bonchev–Trinajstić information content (AvgIpc) is 2.76. The number of halogens is 1. The molecule has 0 fully saturated rings. The second kappa shape index (κ2) is 5.41. The van der Waals surface area contributed by atoms with E-state index in [2.05, 4.69) is 15.9 Å². The van der Waals surface area contributed by atoms with Crippen molar-refractivity contribution in [3.8, 4) is 22.3 Å². The second-order valence-electron chi connectivity index (χ2n) is 3.44. The average molecular weight is 322 g/mol. The van der Waals surface area contributed by atoms with Crippen molar-refractivity contribution in [2.75, 3.05) is 0 Å². The molecule has 0 saturated carbocycles. The Balaban J connectivity index is 2.50. The molecule has 19 heavy (non-hydrogen) atoms. The van der Waals surface area contributed by atoms with Crippen molar-refractivity contribution in [1.82, 2.24) is 0 Å². The molecule has 0 unspecified atom stereocenters. The van der Waals surface area contributed by atoms with E-state index in [1.807, 2.05) is 0 Å². The Morgan fingerprint density at radius 3 is 1.37 bits per heavy atom. The van der Waals surface area contributed by atoms with E-state index in [-0.39, 0.29) is 4.47 Å². The summed E-state index contributed by atoms with van der Waals surface area (Å²) in [6.07, 6.45) is 0. The van der Waals surface area contributed by atoms with Crippen molar-refractivity contribution in [3.05, 3.63) is 83.0 Å². The molecule has 0 nitrogen and oxygen atoms in total. The van der Waals surface area contributed by atoms with E-state index in [1.165, 1.54) is 0 Å². The zero-order valence-corrected chi connectivity index (χ0v) is 11.0. The summed E-state index contributed by atoms with van der Waals surface area (Å²) >= 11 is 2.96. The first-order valence-electron chi connectivity index (χ1n) is 11.7. The van der Waals surface area contributed by atoms with E-state index in [4.69, 9.17) is 17.8 Å². The van der Waals surface area contributed by atoms with Gasteiger partial charge in [-0.3, -0.25) is 0 Å². The van der Waals surface area contributed by atoms with Gasteiger partial charge in [0, 0.05) is 4.47 Å². The van der Waals surface area contributed by atoms with Gasteiger partial charge in [-0.15, -0.1) is 0 Å². The van der Waals surface area contributed by atoms with Crippen LogP contribution in [0.3, 0.4) is 0 Å². The molecule has 92 valence electrons. The van der Waals surface area contributed by atoms with Crippen molar-refractivity contribution in [1.29, 1.82) is 0 Å². The Kier molecular flexibility index (Phi) is 1.23. The molecule has 0 spiro atoms. The zero-order chi connectivity index (χ0) is 24.4. The van der Waals surface area contributed by atoms with Gasteiger partial charge in [0.15, 0.2) is 0 Å². The first kappa shape index (κ1) is 4.32. The molecule has 0 N–H and O–H groups in total. The van der Waals surface area contributed by atoms with Gasteiger partial charge in [0.2, 0.25) is 0 Å². The summed E-state index contributed by atoms with van der Waals surface area (Å²) in [4.78, 5) is 0. The third kappa shape index (κ3) is 2.77. The number of hydrogen-bond acceptors (Lipinski definition) is 0. The van der Waals surface area contributed by atoms with Crippen molar-refractivity contribution in [2.45, 2.75) is 0 Å². The van der Waals surface area contributed by atoms with Gasteiger partial charge in [0.25, 0.3) is 0 Å². The molecule has 3 rings (SSSR count). The van der Waals surface area contributed by atoms with E-state index in [9.17, 15) is 0 Å². The van der Waals surface area contributed by atoms with Crippen LogP contribution in [0.4, 0.5) is 0 Å². The normalized spacial score (nSPS) is 19.9. The van der Waals surface area contributed by atoms with Gasteiger partial charge in [0.1, 0.15) is 0 Å². The molecule has 0 aliphatic carbocycles. The van der Waals surface area contributed by atoms with Crippen molar-refractivity contribution < 1.29 is 17.8 Å². The van der Waals surface area contributed by atoms with E-state index in [0.29, 0.717) is 0 Å². The molecular formula is C18H13Br. The van der Waals surface area contributed by atoms with Crippen LogP contribution < -0.4 is 0 Å². The highest BCUT2D eigenvalue weighted by molar-refractivity contribution is 9.10. The lowest BCUT2D eigenvalue weighted by atomic mass is 10.0. The van der Waals surface area contributed by atoms with E-state index in [1.54, 1.807) is 0 Å². The van der Waals surface area contributed by atoms with Crippen LogP contribution in [0.15, 0.2) is 83.0 Å². The molecule has 0 aromatic heterocycles. The fourth-order valence-corrected chi connectivity index (χ4v) is 1.56. The minimum Gasteiger partial charge on any atom is -0.0622 e. The fraction of sp³-hybridized carbons (Fsp3) is 0. The van der Waals surface area contributed by atoms with E-state index >= 15 is 0 Å². The lowest BCUT2D eigenvalue weighted by molar-refractivity contribution is 1.58. The maximum Gasteiger partial charge on any atom is 0.0635 e. The fourth-order valence-electron chi connectivity index (χ4n) is 1.36. The lowest BCUT2D eigenvalue weighted by Gasteiger charge is -2.05. The van der Waals surface area contributed by atoms with Gasteiger partial charge in [0.05, 0.1) is 17.8 Å². The Labute approximate surface area is 140 Å². The standard InChI is InChI=1S/C18H13Br/c19-18-12-10-17(11-13-18)16-8-6-15(7-9-16)14-4-2-1-3-5-14/h1-13H/i1D,2D,3D,4D,5D,6D,7D,8D,9D,10D,11D,12D,13D. The zero-order valence-electron chi connectivity index (χ0n) is 22.4. The van der Waals surface area contributed by atoms with Gasteiger partial charge in [-0.2, -0.15) is 0 Å². The van der Waals surface area contributed by atoms with Crippen LogP contribution in [0.5, 0.6) is 0 Å². The summed E-state index contributed by atoms with van der Waals surface area (Å²) < 4.78 is 105. The van der Waals surface area contributed by atoms with Crippen LogP contribution in [0.2, 0.25) is 0 Å². The monoisotopic (exact) mass is 321 g/mol. The molecular weight excluding hydrogens is 296 g/mol. The second-order valence-corrected chi connectivity index (χ2v) is 4.23. The van der Waals surface area contributed by atoms with Crippen LogP contribution in [-0.4, -0.2) is 0 Å². The minimum absolute atomic E-state index is 0.123. The summed E-state index contributed by atoms with van der Waals surface area (Å²) in [6.45, 7) is 0. The van der Waals surface area contributed by atoms with Crippen LogP contribution >= 0.6 is 15.9 Å². The van der Waals surface area contributed by atoms with Crippen LogP contribution in [0, 0.1) is 0 Å². The predicted molar refractivity (Wildman–Crippen MR) is 85.0 cm³/mol. The first-order valence-corrected chi connectivity index (χ1v) is 5.98. The largest absolute Gasteiger partial charge is 0.0635 e. The Bertz CT molecular complexity index is 1130. The van der Waals surface area contributed by atoms with E-state index < -0.39 is 101 Å². The first-order chi connectivity index (χ1) is 14.7. The molecule has 0 radical (unpaired) electrons. The van der Waals surface area contributed by atoms with Crippen molar-refractivity contribution in [2.24, 2.45) is 0 Å². The van der Waals surface area contributed by atoms with Crippen molar-refractivity contribution >= 4 is 15.9 Å². The number of benzene rings is 3. The maximum atomic E-state index is 8.39. The summed E-state index contributed by atoms with van der Waals surface area (Å²) in [6, 6.07) is -8.47. The molecule has 0 amide bonds. The van der Waals surface area contributed by atoms with Crippen molar-refractivity contribution in [3.63, 3.8) is 0 Å². The quantitative estimate of drug-likeness (QED) is 0.561. The third-order valence-electron chi connectivity index (χ3n) is 2.22. The molecule has 3 aromatic carbocycles. The molecule has 3 aromatic rings. The molecule has 0 aliphatic rings. The minimum atomic E-state index is -0.737. The molecule has 0 aliphatic heterocycles. The summed E-state index contributed by atoms with van der Waals surface area (Å²) in [7, 11) is 0. The van der Waals surface area contributed by atoms with Crippen LogP contribution in [0.25, 0.3) is 22.3 Å². The van der Waals surface area contributed by atoms with Gasteiger partial charge in [-0.05, 0) is 34.3 Å². The Hall–Kier alpha value is -1.86. The smallest absolute Gasteiger partial charge is 0.0622 e. The lowest BCUT2D eigenvalue weighted by Crippen LogP contribution is -1.80. The molecule has 0 atom stereocenters. The van der Waals surface area contributed by atoms with E-state index in [0.717, 1.165) is 0 Å². The molecule has 0 bridgehead atoms. The highest BCUT2D eigenvalue weighted by atomic mass is 79.9. The molecule has 1 heteroatoms. The van der Waals surface area contributed by atoms with Gasteiger partial charge in [-0.1, -0.05) is 82.4 Å². The SMILES string of the molecule is [2H]c1c([2H])c([2H])c(-c2c([2H])c([2H])c(-c3c([2H])c([2H])c(Br)c([2H])c3[2H])c([2H])c2[2H])c([2H])c1[2H].